The van der Waals surface area contributed by atoms with Crippen LogP contribution in [0.3, 0.4) is 0 Å². The van der Waals surface area contributed by atoms with Gasteiger partial charge in [-0.2, -0.15) is 8.78 Å². The van der Waals surface area contributed by atoms with Crippen LogP contribution in [0.15, 0.2) is 0 Å². The molecule has 0 aliphatic carbocycles. The van der Waals surface area contributed by atoms with Crippen LogP contribution in [0.2, 0.25) is 0 Å². The molecule has 6 heteroatoms. The van der Waals surface area contributed by atoms with Gasteiger partial charge in [0.2, 0.25) is 6.29 Å². The minimum atomic E-state index is -3.69. The number of rotatable bonds is 1. The van der Waals surface area contributed by atoms with Crippen molar-refractivity contribution in [1.82, 2.24) is 0 Å². The SMILES string of the molecule is OCC1OC(O)C(F)(F)[C@@H]1O. The van der Waals surface area contributed by atoms with Crippen molar-refractivity contribution in [2.75, 3.05) is 6.61 Å². The van der Waals surface area contributed by atoms with Gasteiger partial charge < -0.3 is 20.1 Å². The molecule has 0 aromatic carbocycles. The van der Waals surface area contributed by atoms with Crippen LogP contribution >= 0.6 is 0 Å². The summed E-state index contributed by atoms with van der Waals surface area (Å²) in [5, 5.41) is 25.5. The third kappa shape index (κ3) is 1.22. The maximum Gasteiger partial charge on any atom is 0.325 e. The molecule has 2 unspecified atom stereocenters. The molecule has 1 saturated heterocycles. The first kappa shape index (κ1) is 8.79. The van der Waals surface area contributed by atoms with E-state index in [0.717, 1.165) is 0 Å². The van der Waals surface area contributed by atoms with Crippen LogP contribution in [0, 0.1) is 0 Å². The Morgan fingerprint density at radius 1 is 1.36 bits per heavy atom. The van der Waals surface area contributed by atoms with Crippen molar-refractivity contribution in [3.05, 3.63) is 0 Å². The quantitative estimate of drug-likeness (QED) is 0.457. The molecule has 0 bridgehead atoms. The van der Waals surface area contributed by atoms with Gasteiger partial charge in [0, 0.05) is 0 Å². The van der Waals surface area contributed by atoms with Crippen LogP contribution < -0.4 is 0 Å². The number of hydrogen-bond acceptors (Lipinski definition) is 4. The lowest BCUT2D eigenvalue weighted by Gasteiger charge is -2.14. The van der Waals surface area contributed by atoms with E-state index in [0.29, 0.717) is 0 Å². The minimum Gasteiger partial charge on any atom is -0.394 e. The zero-order chi connectivity index (χ0) is 8.65. The third-order valence-corrected chi connectivity index (χ3v) is 1.56. The van der Waals surface area contributed by atoms with Crippen molar-refractivity contribution in [2.45, 2.75) is 24.4 Å². The van der Waals surface area contributed by atoms with Gasteiger partial charge in [-0.1, -0.05) is 0 Å². The Balaban J connectivity index is 2.71. The highest BCUT2D eigenvalue weighted by molar-refractivity contribution is 4.92. The van der Waals surface area contributed by atoms with Crippen LogP contribution in [0.1, 0.15) is 0 Å². The second kappa shape index (κ2) is 2.63. The first-order chi connectivity index (χ1) is 5.00. The van der Waals surface area contributed by atoms with Crippen LogP contribution in [0.4, 0.5) is 8.78 Å². The van der Waals surface area contributed by atoms with E-state index in [1.165, 1.54) is 0 Å². The molecule has 1 aliphatic heterocycles. The maximum atomic E-state index is 12.4. The number of aliphatic hydroxyl groups is 3. The van der Waals surface area contributed by atoms with Gasteiger partial charge in [0.05, 0.1) is 6.61 Å². The van der Waals surface area contributed by atoms with Gasteiger partial charge in [0.15, 0.2) is 6.10 Å². The van der Waals surface area contributed by atoms with Crippen LogP contribution in [0.5, 0.6) is 0 Å². The van der Waals surface area contributed by atoms with Gasteiger partial charge >= 0.3 is 5.92 Å². The van der Waals surface area contributed by atoms with E-state index in [-0.39, 0.29) is 0 Å². The van der Waals surface area contributed by atoms with Crippen LogP contribution in [0.25, 0.3) is 0 Å². The van der Waals surface area contributed by atoms with E-state index in [2.05, 4.69) is 4.74 Å². The highest BCUT2D eigenvalue weighted by Crippen LogP contribution is 2.34. The summed E-state index contributed by atoms with van der Waals surface area (Å²) in [6, 6.07) is 0. The zero-order valence-electron chi connectivity index (χ0n) is 5.44. The molecule has 66 valence electrons. The molecule has 0 aromatic rings. The number of alkyl halides is 2. The summed E-state index contributed by atoms with van der Waals surface area (Å²) < 4.78 is 29.0. The first-order valence-corrected chi connectivity index (χ1v) is 3.00. The predicted molar refractivity (Wildman–Crippen MR) is 28.9 cm³/mol. The summed E-state index contributed by atoms with van der Waals surface area (Å²) in [5.41, 5.74) is 0. The fourth-order valence-electron chi connectivity index (χ4n) is 0.868. The summed E-state index contributed by atoms with van der Waals surface area (Å²) >= 11 is 0. The monoisotopic (exact) mass is 170 g/mol. The molecule has 1 fully saturated rings. The topological polar surface area (TPSA) is 69.9 Å². The van der Waals surface area contributed by atoms with E-state index < -0.39 is 31.0 Å². The van der Waals surface area contributed by atoms with Crippen molar-refractivity contribution < 1.29 is 28.8 Å². The Labute approximate surface area is 61.0 Å². The summed E-state index contributed by atoms with van der Waals surface area (Å²) in [6.07, 6.45) is -5.86. The summed E-state index contributed by atoms with van der Waals surface area (Å²) in [7, 11) is 0. The lowest BCUT2D eigenvalue weighted by atomic mass is 10.1. The van der Waals surface area contributed by atoms with E-state index in [1.54, 1.807) is 0 Å². The van der Waals surface area contributed by atoms with Crippen molar-refractivity contribution in [2.24, 2.45) is 0 Å². The van der Waals surface area contributed by atoms with E-state index in [4.69, 9.17) is 15.3 Å². The molecule has 0 spiro atoms. The number of ether oxygens (including phenoxy) is 1. The van der Waals surface area contributed by atoms with Gasteiger partial charge in [-0.05, 0) is 0 Å². The number of hydrogen-bond donors (Lipinski definition) is 3. The molecule has 11 heavy (non-hydrogen) atoms. The van der Waals surface area contributed by atoms with E-state index in [9.17, 15) is 8.78 Å². The van der Waals surface area contributed by atoms with Crippen molar-refractivity contribution >= 4 is 0 Å². The molecule has 1 rings (SSSR count). The smallest absolute Gasteiger partial charge is 0.325 e. The van der Waals surface area contributed by atoms with Crippen molar-refractivity contribution in [3.63, 3.8) is 0 Å². The molecule has 0 saturated carbocycles. The first-order valence-electron chi connectivity index (χ1n) is 3.00. The van der Waals surface area contributed by atoms with Crippen molar-refractivity contribution in [3.8, 4) is 0 Å². The Morgan fingerprint density at radius 2 is 1.91 bits per heavy atom. The lowest BCUT2D eigenvalue weighted by Crippen LogP contribution is -2.40. The van der Waals surface area contributed by atoms with Gasteiger partial charge in [0.1, 0.15) is 6.10 Å². The predicted octanol–water partition coefficient (Wildman–Crippen LogP) is -1.31. The molecule has 0 radical (unpaired) electrons. The summed E-state index contributed by atoms with van der Waals surface area (Å²) in [5.74, 6) is -3.69. The third-order valence-electron chi connectivity index (χ3n) is 1.56. The van der Waals surface area contributed by atoms with Gasteiger partial charge in [-0.25, -0.2) is 0 Å². The lowest BCUT2D eigenvalue weighted by molar-refractivity contribution is -0.198. The fourth-order valence-corrected chi connectivity index (χ4v) is 0.868. The normalized spacial score (nSPS) is 42.8. The van der Waals surface area contributed by atoms with E-state index in [1.807, 2.05) is 0 Å². The van der Waals surface area contributed by atoms with Crippen LogP contribution in [-0.2, 0) is 4.74 Å². The minimum absolute atomic E-state index is 0.742. The standard InChI is InChI=1S/C5H8F2O4/c6-5(7)3(9)2(1-8)11-4(5)10/h2-4,8-10H,1H2/t2?,3-,4?/m1/s1. The largest absolute Gasteiger partial charge is 0.394 e. The molecule has 4 nitrogen and oxygen atoms in total. The van der Waals surface area contributed by atoms with E-state index >= 15 is 0 Å². The highest BCUT2D eigenvalue weighted by atomic mass is 19.3. The molecular formula is C5H8F2O4. The fraction of sp³-hybridized carbons (Fsp3) is 1.00. The molecule has 3 N–H and O–H groups in total. The summed E-state index contributed by atoms with van der Waals surface area (Å²) in [6.45, 7) is -0.742. The van der Waals surface area contributed by atoms with Gasteiger partial charge in [0.25, 0.3) is 0 Å². The Morgan fingerprint density at radius 3 is 2.09 bits per heavy atom. The summed E-state index contributed by atoms with van der Waals surface area (Å²) in [4.78, 5) is 0. The van der Waals surface area contributed by atoms with Crippen molar-refractivity contribution in [1.29, 1.82) is 0 Å². The molecule has 0 amide bonds. The average molecular weight is 170 g/mol. The Hall–Kier alpha value is -0.300. The molecule has 1 heterocycles. The molecule has 0 aromatic heterocycles. The second-order valence-corrected chi connectivity index (χ2v) is 2.33. The Kier molecular flexibility index (Phi) is 2.10. The van der Waals surface area contributed by atoms with Gasteiger partial charge in [-0.3, -0.25) is 0 Å². The zero-order valence-corrected chi connectivity index (χ0v) is 5.44. The van der Waals surface area contributed by atoms with Crippen LogP contribution in [-0.4, -0.2) is 46.3 Å². The molecule has 1 aliphatic rings. The average Bonchev–Trinajstić information content (AvgIpc) is 2.14. The molecule has 3 atom stereocenters. The number of aliphatic hydroxyl groups excluding tert-OH is 3. The van der Waals surface area contributed by atoms with Gasteiger partial charge in [-0.15, -0.1) is 0 Å². The maximum absolute atomic E-state index is 12.4. The number of halogens is 2. The highest BCUT2D eigenvalue weighted by Gasteiger charge is 2.57. The Bertz CT molecular complexity index is 151. The molecular weight excluding hydrogens is 162 g/mol. The second-order valence-electron chi connectivity index (χ2n) is 2.33.